The van der Waals surface area contributed by atoms with Crippen molar-refractivity contribution in [3.05, 3.63) is 29.8 Å². The van der Waals surface area contributed by atoms with Crippen molar-refractivity contribution in [1.29, 1.82) is 5.41 Å². The van der Waals surface area contributed by atoms with E-state index in [0.717, 1.165) is 12.2 Å². The fourth-order valence-electron chi connectivity index (χ4n) is 5.35. The molecule has 0 aromatic heterocycles. The second-order valence-corrected chi connectivity index (χ2v) is 8.94. The SMILES string of the molecule is CN1C(=N)NC(COc2ccccc2C2CCCC2)(CC2CCCCC2)C1=O. The molecule has 0 spiro atoms. The number of amides is 1. The molecule has 1 saturated heterocycles. The summed E-state index contributed by atoms with van der Waals surface area (Å²) in [5.74, 6) is 2.17. The van der Waals surface area contributed by atoms with E-state index in [1.54, 1.807) is 7.05 Å². The van der Waals surface area contributed by atoms with Crippen molar-refractivity contribution in [3.8, 4) is 5.75 Å². The van der Waals surface area contributed by atoms with Gasteiger partial charge in [-0.1, -0.05) is 63.1 Å². The highest BCUT2D eigenvalue weighted by Gasteiger charge is 2.50. The Labute approximate surface area is 168 Å². The Morgan fingerprint density at radius 1 is 1.11 bits per heavy atom. The van der Waals surface area contributed by atoms with Crippen LogP contribution in [0.1, 0.15) is 75.7 Å². The van der Waals surface area contributed by atoms with Crippen LogP contribution in [0.25, 0.3) is 0 Å². The van der Waals surface area contributed by atoms with Gasteiger partial charge in [0.05, 0.1) is 0 Å². The molecule has 1 aromatic carbocycles. The molecule has 5 nitrogen and oxygen atoms in total. The Morgan fingerprint density at radius 2 is 1.79 bits per heavy atom. The largest absolute Gasteiger partial charge is 0.490 e. The number of carbonyl (C=O) groups is 1. The monoisotopic (exact) mass is 383 g/mol. The first-order valence-electron chi connectivity index (χ1n) is 11.0. The van der Waals surface area contributed by atoms with Gasteiger partial charge >= 0.3 is 0 Å². The number of likely N-dealkylation sites (N-methyl/N-ethyl adjacent to an activating group) is 1. The van der Waals surface area contributed by atoms with Crippen LogP contribution in [0, 0.1) is 11.3 Å². The third kappa shape index (κ3) is 3.76. The van der Waals surface area contributed by atoms with Gasteiger partial charge in [-0.2, -0.15) is 0 Å². The molecule has 2 aliphatic carbocycles. The second kappa shape index (κ2) is 8.14. The summed E-state index contributed by atoms with van der Waals surface area (Å²) in [6.07, 6.45) is 11.9. The van der Waals surface area contributed by atoms with E-state index < -0.39 is 5.54 Å². The number of carbonyl (C=O) groups excluding carboxylic acids is 1. The summed E-state index contributed by atoms with van der Waals surface area (Å²) in [6, 6.07) is 8.31. The topological polar surface area (TPSA) is 65.4 Å². The summed E-state index contributed by atoms with van der Waals surface area (Å²) in [7, 11) is 1.69. The lowest BCUT2D eigenvalue weighted by Gasteiger charge is -2.33. The van der Waals surface area contributed by atoms with Crippen molar-refractivity contribution in [2.45, 2.75) is 75.7 Å². The molecule has 1 amide bonds. The van der Waals surface area contributed by atoms with Gasteiger partial charge in [-0.15, -0.1) is 0 Å². The van der Waals surface area contributed by atoms with Crippen LogP contribution in [0.15, 0.2) is 24.3 Å². The van der Waals surface area contributed by atoms with E-state index in [1.165, 1.54) is 68.3 Å². The normalized spacial score (nSPS) is 26.7. The number of ether oxygens (including phenoxy) is 1. The summed E-state index contributed by atoms with van der Waals surface area (Å²) in [6.45, 7) is 0.290. The molecular formula is C23H33N3O2. The van der Waals surface area contributed by atoms with Gasteiger partial charge in [0.15, 0.2) is 11.5 Å². The van der Waals surface area contributed by atoms with Crippen LogP contribution in [0.4, 0.5) is 0 Å². The Morgan fingerprint density at radius 3 is 2.46 bits per heavy atom. The van der Waals surface area contributed by atoms with Crippen molar-refractivity contribution in [3.63, 3.8) is 0 Å². The predicted octanol–water partition coefficient (Wildman–Crippen LogP) is 4.43. The molecule has 3 fully saturated rings. The number of hydrogen-bond donors (Lipinski definition) is 2. The van der Waals surface area contributed by atoms with Crippen molar-refractivity contribution >= 4 is 11.9 Å². The molecule has 152 valence electrons. The van der Waals surface area contributed by atoms with Crippen molar-refractivity contribution in [2.75, 3.05) is 13.7 Å². The van der Waals surface area contributed by atoms with Gasteiger partial charge in [0, 0.05) is 7.05 Å². The van der Waals surface area contributed by atoms with Gasteiger partial charge < -0.3 is 10.1 Å². The summed E-state index contributed by atoms with van der Waals surface area (Å²) in [5, 5.41) is 11.4. The molecule has 1 aromatic rings. The number of guanidine groups is 1. The molecule has 1 unspecified atom stereocenters. The van der Waals surface area contributed by atoms with Gasteiger partial charge in [0.1, 0.15) is 12.4 Å². The van der Waals surface area contributed by atoms with E-state index in [9.17, 15) is 4.79 Å². The van der Waals surface area contributed by atoms with Gasteiger partial charge in [-0.05, 0) is 42.7 Å². The maximum atomic E-state index is 13.1. The first kappa shape index (κ1) is 19.3. The third-order valence-corrected chi connectivity index (χ3v) is 6.96. The lowest BCUT2D eigenvalue weighted by Crippen LogP contribution is -2.53. The molecule has 1 heterocycles. The minimum absolute atomic E-state index is 0.0265. The minimum Gasteiger partial charge on any atom is -0.490 e. The lowest BCUT2D eigenvalue weighted by atomic mass is 9.79. The van der Waals surface area contributed by atoms with Gasteiger partial charge in [0.25, 0.3) is 5.91 Å². The smallest absolute Gasteiger partial charge is 0.258 e. The van der Waals surface area contributed by atoms with Crippen molar-refractivity contribution in [2.24, 2.45) is 5.92 Å². The van der Waals surface area contributed by atoms with Crippen LogP contribution in [0.5, 0.6) is 5.75 Å². The van der Waals surface area contributed by atoms with E-state index in [1.807, 2.05) is 12.1 Å². The number of rotatable bonds is 6. The Hall–Kier alpha value is -2.04. The summed E-state index contributed by atoms with van der Waals surface area (Å²) in [4.78, 5) is 14.6. The second-order valence-electron chi connectivity index (χ2n) is 8.94. The van der Waals surface area contributed by atoms with E-state index in [4.69, 9.17) is 10.1 Å². The number of para-hydroxylation sites is 1. The average molecular weight is 384 g/mol. The van der Waals surface area contributed by atoms with E-state index >= 15 is 0 Å². The highest BCUT2D eigenvalue weighted by Crippen LogP contribution is 2.39. The average Bonchev–Trinajstić information content (AvgIpc) is 3.32. The molecule has 28 heavy (non-hydrogen) atoms. The van der Waals surface area contributed by atoms with Crippen LogP contribution < -0.4 is 10.1 Å². The standard InChI is InChI=1S/C23H33N3O2/c1-26-21(27)23(25-22(26)24,15-17-9-3-2-4-10-17)16-28-20-14-8-7-13-19(20)18-11-5-6-12-18/h7-8,13-14,17-18H,2-6,9-12,15-16H2,1H3,(H2,24,25). The molecule has 1 aliphatic heterocycles. The Bertz CT molecular complexity index is 722. The molecule has 1 atom stereocenters. The van der Waals surface area contributed by atoms with Crippen molar-refractivity contribution in [1.82, 2.24) is 10.2 Å². The molecule has 5 heteroatoms. The number of hydrogen-bond acceptors (Lipinski definition) is 3. The molecule has 3 aliphatic rings. The van der Waals surface area contributed by atoms with Crippen LogP contribution in [-0.4, -0.2) is 36.0 Å². The van der Waals surface area contributed by atoms with Crippen LogP contribution >= 0.6 is 0 Å². The summed E-state index contributed by atoms with van der Waals surface area (Å²) >= 11 is 0. The van der Waals surface area contributed by atoms with E-state index in [0.29, 0.717) is 18.4 Å². The maximum absolute atomic E-state index is 13.1. The summed E-state index contributed by atoms with van der Waals surface area (Å²) < 4.78 is 6.34. The molecule has 0 bridgehead atoms. The fraction of sp³-hybridized carbons (Fsp3) is 0.652. The minimum atomic E-state index is -0.809. The molecule has 2 saturated carbocycles. The van der Waals surface area contributed by atoms with E-state index in [-0.39, 0.29) is 11.9 Å². The zero-order chi connectivity index (χ0) is 19.6. The highest BCUT2D eigenvalue weighted by atomic mass is 16.5. The molecule has 2 N–H and O–H groups in total. The molecule has 4 rings (SSSR count). The fourth-order valence-corrected chi connectivity index (χ4v) is 5.35. The van der Waals surface area contributed by atoms with E-state index in [2.05, 4.69) is 17.4 Å². The van der Waals surface area contributed by atoms with Gasteiger partial charge in [-0.25, -0.2) is 0 Å². The van der Waals surface area contributed by atoms with Crippen LogP contribution in [-0.2, 0) is 4.79 Å². The zero-order valence-electron chi connectivity index (χ0n) is 17.0. The zero-order valence-corrected chi connectivity index (χ0v) is 17.0. The molecular weight excluding hydrogens is 350 g/mol. The highest BCUT2D eigenvalue weighted by molar-refractivity contribution is 6.07. The van der Waals surface area contributed by atoms with Gasteiger partial charge in [0.2, 0.25) is 0 Å². The quantitative estimate of drug-likeness (QED) is 0.764. The van der Waals surface area contributed by atoms with Crippen LogP contribution in [0.3, 0.4) is 0 Å². The Balaban J connectivity index is 1.54. The number of nitrogens with zero attached hydrogens (tertiary/aromatic N) is 1. The maximum Gasteiger partial charge on any atom is 0.258 e. The van der Waals surface area contributed by atoms with Crippen molar-refractivity contribution < 1.29 is 9.53 Å². The number of nitrogens with one attached hydrogen (secondary N) is 2. The predicted molar refractivity (Wildman–Crippen MR) is 111 cm³/mol. The third-order valence-electron chi connectivity index (χ3n) is 6.96. The summed E-state index contributed by atoms with van der Waals surface area (Å²) in [5.41, 5.74) is 0.470. The lowest BCUT2D eigenvalue weighted by molar-refractivity contribution is -0.132. The first-order valence-corrected chi connectivity index (χ1v) is 11.0. The van der Waals surface area contributed by atoms with Crippen LogP contribution in [0.2, 0.25) is 0 Å². The first-order chi connectivity index (χ1) is 13.6. The molecule has 0 radical (unpaired) electrons. The number of benzene rings is 1. The van der Waals surface area contributed by atoms with Gasteiger partial charge in [-0.3, -0.25) is 15.1 Å². The Kier molecular flexibility index (Phi) is 5.61.